The van der Waals surface area contributed by atoms with E-state index in [4.69, 9.17) is 4.74 Å². The van der Waals surface area contributed by atoms with Gasteiger partial charge in [-0.2, -0.15) is 0 Å². The van der Waals surface area contributed by atoms with E-state index in [0.29, 0.717) is 24.6 Å². The monoisotopic (exact) mass is 336 g/mol. The lowest BCUT2D eigenvalue weighted by Crippen LogP contribution is -2.20. The molecule has 2 N–H and O–H groups in total. The second-order valence-electron chi connectivity index (χ2n) is 5.64. The van der Waals surface area contributed by atoms with Gasteiger partial charge in [0.05, 0.1) is 7.11 Å². The van der Waals surface area contributed by atoms with Crippen LogP contribution in [0.25, 0.3) is 0 Å². The van der Waals surface area contributed by atoms with Crippen molar-refractivity contribution in [1.29, 1.82) is 0 Å². The van der Waals surface area contributed by atoms with Crippen LogP contribution in [0.2, 0.25) is 0 Å². The molecule has 128 valence electrons. The first-order valence-corrected chi connectivity index (χ1v) is 8.11. The molecule has 0 aliphatic rings. The molecule has 0 spiro atoms. The Labute approximate surface area is 145 Å². The maximum Gasteiger partial charge on any atom is 0.274 e. The standard InChI is InChI=1S/C19H20N4O2/c1-25-16-9-7-14(8-10-16)11-12-20-19-21-18(24)17(22-23-19)13-15-5-3-2-4-6-15/h2-10H,11-13H2,1H3,(H2,20,21,23,24). The van der Waals surface area contributed by atoms with Crippen molar-refractivity contribution in [3.05, 3.63) is 81.8 Å². The fourth-order valence-corrected chi connectivity index (χ4v) is 2.46. The van der Waals surface area contributed by atoms with E-state index in [2.05, 4.69) is 20.5 Å². The first kappa shape index (κ1) is 16.7. The van der Waals surface area contributed by atoms with E-state index in [1.807, 2.05) is 54.6 Å². The summed E-state index contributed by atoms with van der Waals surface area (Å²) in [4.78, 5) is 14.9. The van der Waals surface area contributed by atoms with Crippen molar-refractivity contribution in [2.45, 2.75) is 12.8 Å². The molecule has 0 saturated carbocycles. The van der Waals surface area contributed by atoms with Gasteiger partial charge in [-0.25, -0.2) is 0 Å². The van der Waals surface area contributed by atoms with Gasteiger partial charge in [-0.3, -0.25) is 9.78 Å². The molecule has 0 amide bonds. The smallest absolute Gasteiger partial charge is 0.274 e. The van der Waals surface area contributed by atoms with Crippen LogP contribution in [-0.4, -0.2) is 28.8 Å². The summed E-state index contributed by atoms with van der Waals surface area (Å²) in [5.41, 5.74) is 2.39. The molecule has 0 aliphatic heterocycles. The number of H-pyrrole nitrogens is 1. The minimum Gasteiger partial charge on any atom is -0.497 e. The average Bonchev–Trinajstić information content (AvgIpc) is 2.65. The zero-order valence-electron chi connectivity index (χ0n) is 14.0. The summed E-state index contributed by atoms with van der Waals surface area (Å²) in [5, 5.41) is 11.2. The van der Waals surface area contributed by atoms with Crippen LogP contribution in [0.15, 0.2) is 59.4 Å². The van der Waals surface area contributed by atoms with Gasteiger partial charge in [0.15, 0.2) is 0 Å². The van der Waals surface area contributed by atoms with E-state index >= 15 is 0 Å². The van der Waals surface area contributed by atoms with E-state index < -0.39 is 0 Å². The number of benzene rings is 2. The predicted molar refractivity (Wildman–Crippen MR) is 97.1 cm³/mol. The maximum atomic E-state index is 12.1. The quantitative estimate of drug-likeness (QED) is 0.693. The van der Waals surface area contributed by atoms with Gasteiger partial charge in [0.1, 0.15) is 11.4 Å². The van der Waals surface area contributed by atoms with Crippen molar-refractivity contribution in [3.8, 4) is 5.75 Å². The molecule has 0 fully saturated rings. The Morgan fingerprint density at radius 3 is 2.44 bits per heavy atom. The fourth-order valence-electron chi connectivity index (χ4n) is 2.46. The van der Waals surface area contributed by atoms with Crippen molar-refractivity contribution in [2.24, 2.45) is 0 Å². The van der Waals surface area contributed by atoms with Gasteiger partial charge in [0.2, 0.25) is 5.95 Å². The summed E-state index contributed by atoms with van der Waals surface area (Å²) in [6, 6.07) is 17.6. The molecule has 1 aromatic heterocycles. The highest BCUT2D eigenvalue weighted by atomic mass is 16.5. The first-order valence-electron chi connectivity index (χ1n) is 8.11. The predicted octanol–water partition coefficient (Wildman–Crippen LogP) is 2.42. The molecule has 1 heterocycles. The second kappa shape index (κ2) is 8.10. The molecule has 0 bridgehead atoms. The van der Waals surface area contributed by atoms with Crippen LogP contribution in [0.5, 0.6) is 5.75 Å². The summed E-state index contributed by atoms with van der Waals surface area (Å²) in [5.74, 6) is 1.22. The molecule has 3 aromatic rings. The first-order chi connectivity index (χ1) is 12.2. The number of methoxy groups -OCH3 is 1. The molecule has 0 atom stereocenters. The van der Waals surface area contributed by atoms with Crippen LogP contribution in [0, 0.1) is 0 Å². The number of anilines is 1. The lowest BCUT2D eigenvalue weighted by molar-refractivity contribution is 0.414. The normalized spacial score (nSPS) is 10.4. The Hall–Kier alpha value is -3.15. The minimum absolute atomic E-state index is 0.217. The Morgan fingerprint density at radius 2 is 1.76 bits per heavy atom. The third-order valence-electron chi connectivity index (χ3n) is 3.84. The Bertz CT molecular complexity index is 861. The molecule has 0 aliphatic carbocycles. The fraction of sp³-hybridized carbons (Fsp3) is 0.211. The van der Waals surface area contributed by atoms with Crippen LogP contribution in [-0.2, 0) is 12.8 Å². The molecular formula is C19H20N4O2. The molecule has 3 rings (SSSR count). The van der Waals surface area contributed by atoms with Gasteiger partial charge >= 0.3 is 0 Å². The lowest BCUT2D eigenvalue weighted by Gasteiger charge is -2.06. The molecule has 6 nitrogen and oxygen atoms in total. The zero-order valence-corrected chi connectivity index (χ0v) is 14.0. The molecule has 0 unspecified atom stereocenters. The number of ether oxygens (including phenoxy) is 1. The van der Waals surface area contributed by atoms with E-state index in [-0.39, 0.29) is 5.56 Å². The summed E-state index contributed by atoms with van der Waals surface area (Å²) >= 11 is 0. The third-order valence-corrected chi connectivity index (χ3v) is 3.84. The van der Waals surface area contributed by atoms with Crippen molar-refractivity contribution in [2.75, 3.05) is 19.0 Å². The highest BCUT2D eigenvalue weighted by Crippen LogP contribution is 2.11. The topological polar surface area (TPSA) is 79.9 Å². The SMILES string of the molecule is COc1ccc(CCNc2nnc(Cc3ccccc3)c(=O)[nH]2)cc1. The average molecular weight is 336 g/mol. The van der Waals surface area contributed by atoms with E-state index in [1.165, 1.54) is 5.56 Å². The van der Waals surface area contributed by atoms with E-state index in [0.717, 1.165) is 17.7 Å². The molecule has 0 saturated heterocycles. The molecule has 6 heteroatoms. The van der Waals surface area contributed by atoms with Crippen molar-refractivity contribution in [1.82, 2.24) is 15.2 Å². The largest absolute Gasteiger partial charge is 0.497 e. The number of nitrogens with zero attached hydrogens (tertiary/aromatic N) is 2. The summed E-state index contributed by atoms with van der Waals surface area (Å²) in [6.45, 7) is 0.648. The highest BCUT2D eigenvalue weighted by Gasteiger charge is 2.06. The van der Waals surface area contributed by atoms with Crippen LogP contribution in [0.1, 0.15) is 16.8 Å². The van der Waals surface area contributed by atoms with Gasteiger partial charge in [-0.05, 0) is 29.7 Å². The van der Waals surface area contributed by atoms with Crippen LogP contribution >= 0.6 is 0 Å². The Morgan fingerprint density at radius 1 is 1.00 bits per heavy atom. The van der Waals surface area contributed by atoms with Crippen molar-refractivity contribution >= 4 is 5.95 Å². The number of hydrogen-bond donors (Lipinski definition) is 2. The van der Waals surface area contributed by atoms with Crippen molar-refractivity contribution < 1.29 is 4.74 Å². The van der Waals surface area contributed by atoms with Crippen LogP contribution < -0.4 is 15.6 Å². The summed E-state index contributed by atoms with van der Waals surface area (Å²) in [6.07, 6.45) is 1.27. The Kier molecular flexibility index (Phi) is 5.41. The molecule has 2 aromatic carbocycles. The van der Waals surface area contributed by atoms with Gasteiger partial charge in [0.25, 0.3) is 5.56 Å². The zero-order chi connectivity index (χ0) is 17.5. The molecular weight excluding hydrogens is 316 g/mol. The van der Waals surface area contributed by atoms with Crippen LogP contribution in [0.4, 0.5) is 5.95 Å². The third kappa shape index (κ3) is 4.67. The number of hydrogen-bond acceptors (Lipinski definition) is 5. The van der Waals surface area contributed by atoms with Crippen LogP contribution in [0.3, 0.4) is 0 Å². The summed E-state index contributed by atoms with van der Waals surface area (Å²) in [7, 11) is 1.65. The number of aromatic nitrogens is 3. The maximum absolute atomic E-state index is 12.1. The lowest BCUT2D eigenvalue weighted by atomic mass is 10.1. The Balaban J connectivity index is 1.56. The minimum atomic E-state index is -0.217. The number of rotatable bonds is 7. The molecule has 25 heavy (non-hydrogen) atoms. The van der Waals surface area contributed by atoms with Gasteiger partial charge in [0, 0.05) is 13.0 Å². The summed E-state index contributed by atoms with van der Waals surface area (Å²) < 4.78 is 5.14. The van der Waals surface area contributed by atoms with Gasteiger partial charge in [-0.15, -0.1) is 10.2 Å². The number of aromatic amines is 1. The number of nitrogens with one attached hydrogen (secondary N) is 2. The molecule has 0 radical (unpaired) electrons. The highest BCUT2D eigenvalue weighted by molar-refractivity contribution is 5.29. The van der Waals surface area contributed by atoms with E-state index in [9.17, 15) is 4.79 Å². The van der Waals surface area contributed by atoms with E-state index in [1.54, 1.807) is 7.11 Å². The van der Waals surface area contributed by atoms with Gasteiger partial charge in [-0.1, -0.05) is 42.5 Å². The second-order valence-corrected chi connectivity index (χ2v) is 5.64. The van der Waals surface area contributed by atoms with Gasteiger partial charge < -0.3 is 10.1 Å². The van der Waals surface area contributed by atoms with Crippen molar-refractivity contribution in [3.63, 3.8) is 0 Å².